The summed E-state index contributed by atoms with van der Waals surface area (Å²) in [5, 5.41) is 11.4. The summed E-state index contributed by atoms with van der Waals surface area (Å²) in [7, 11) is -3.31. The van der Waals surface area contributed by atoms with Crippen molar-refractivity contribution in [3.8, 4) is 23.1 Å². The van der Waals surface area contributed by atoms with Crippen molar-refractivity contribution in [1.29, 1.82) is 0 Å². The van der Waals surface area contributed by atoms with E-state index in [1.54, 1.807) is 24.3 Å². The van der Waals surface area contributed by atoms with Crippen LogP contribution >= 0.6 is 23.2 Å². The number of sulfone groups is 1. The number of benzene rings is 2. The Bertz CT molecular complexity index is 1820. The molecule has 0 aliphatic carbocycles. The molecule has 0 bridgehead atoms. The first-order chi connectivity index (χ1) is 23.7. The first-order valence-corrected chi connectivity index (χ1v) is 19.8. The Balaban J connectivity index is 1.29. The summed E-state index contributed by atoms with van der Waals surface area (Å²) in [6.07, 6.45) is 6.28. The standard InChI is InChI=1S/C36H44Cl2N6O4S/c1-49(46,47)33-24-32-29(25-40-33)35(41-44(32)18-7-17-42-15-3-2-4-16-42)28-9-6-10-30(37)27(28)13-12-26-8-5-11-31(38)34(26)36(45)39-14-19-43-20-22-48-23-21-43/h5-6,8-11,33,40H,2-4,7,14-25H2,1H3,(H,39,45). The molecule has 0 saturated carbocycles. The number of aromatic nitrogens is 2. The number of hydrogen-bond acceptors (Lipinski definition) is 8. The summed E-state index contributed by atoms with van der Waals surface area (Å²) < 4.78 is 32.6. The van der Waals surface area contributed by atoms with Crippen molar-refractivity contribution in [3.05, 3.63) is 74.4 Å². The molecule has 3 aromatic rings. The van der Waals surface area contributed by atoms with Gasteiger partial charge in [-0.15, -0.1) is 0 Å². The van der Waals surface area contributed by atoms with Crippen LogP contribution in [-0.2, 0) is 34.1 Å². The zero-order valence-corrected chi connectivity index (χ0v) is 30.3. The van der Waals surface area contributed by atoms with E-state index in [4.69, 9.17) is 33.0 Å². The molecule has 13 heteroatoms. The number of nitrogens with one attached hydrogen (secondary N) is 2. The van der Waals surface area contributed by atoms with Crippen LogP contribution in [0.3, 0.4) is 0 Å². The summed E-state index contributed by atoms with van der Waals surface area (Å²) in [5.41, 5.74) is 4.74. The molecular weight excluding hydrogens is 683 g/mol. The second kappa shape index (κ2) is 16.4. The third kappa shape index (κ3) is 8.86. The number of ether oxygens (including phenoxy) is 1. The van der Waals surface area contributed by atoms with E-state index in [1.807, 2.05) is 16.8 Å². The molecule has 1 aromatic heterocycles. The van der Waals surface area contributed by atoms with Crippen molar-refractivity contribution in [2.75, 3.05) is 65.3 Å². The summed E-state index contributed by atoms with van der Waals surface area (Å²) >= 11 is 13.4. The number of nitrogens with zero attached hydrogens (tertiary/aromatic N) is 4. The summed E-state index contributed by atoms with van der Waals surface area (Å²) in [4.78, 5) is 18.1. The molecule has 49 heavy (non-hydrogen) atoms. The molecule has 10 nitrogen and oxygen atoms in total. The largest absolute Gasteiger partial charge is 0.379 e. The molecule has 2 N–H and O–H groups in total. The van der Waals surface area contributed by atoms with Crippen LogP contribution in [0.4, 0.5) is 0 Å². The van der Waals surface area contributed by atoms with Crippen LogP contribution < -0.4 is 10.6 Å². The highest BCUT2D eigenvalue weighted by Crippen LogP contribution is 2.34. The predicted molar refractivity (Wildman–Crippen MR) is 194 cm³/mol. The maximum Gasteiger partial charge on any atom is 0.254 e. The van der Waals surface area contributed by atoms with Crippen molar-refractivity contribution in [2.24, 2.45) is 0 Å². The lowest BCUT2D eigenvalue weighted by atomic mass is 9.97. The lowest BCUT2D eigenvalue weighted by Crippen LogP contribution is -2.41. The van der Waals surface area contributed by atoms with Crippen LogP contribution in [0.25, 0.3) is 11.3 Å². The first-order valence-electron chi connectivity index (χ1n) is 17.1. The molecule has 262 valence electrons. The van der Waals surface area contributed by atoms with E-state index in [0.29, 0.717) is 66.0 Å². The monoisotopic (exact) mass is 726 g/mol. The molecule has 1 amide bonds. The lowest BCUT2D eigenvalue weighted by molar-refractivity contribution is 0.0383. The van der Waals surface area contributed by atoms with Gasteiger partial charge in [-0.2, -0.15) is 5.10 Å². The fraction of sp³-hybridized carbons (Fsp3) is 0.500. The normalized spacial score (nSPS) is 18.8. The van der Waals surface area contributed by atoms with Crippen molar-refractivity contribution in [3.63, 3.8) is 0 Å². The van der Waals surface area contributed by atoms with E-state index >= 15 is 0 Å². The zero-order valence-electron chi connectivity index (χ0n) is 27.9. The molecule has 0 spiro atoms. The van der Waals surface area contributed by atoms with Gasteiger partial charge in [0, 0.05) is 74.3 Å². The highest BCUT2D eigenvalue weighted by molar-refractivity contribution is 7.91. The Kier molecular flexibility index (Phi) is 12.0. The number of rotatable bonds is 10. The predicted octanol–water partition coefficient (Wildman–Crippen LogP) is 4.21. The van der Waals surface area contributed by atoms with Crippen LogP contribution in [0, 0.1) is 11.8 Å². The van der Waals surface area contributed by atoms with Crippen molar-refractivity contribution in [1.82, 2.24) is 30.2 Å². The first kappa shape index (κ1) is 35.9. The van der Waals surface area contributed by atoms with Gasteiger partial charge in [0.2, 0.25) is 0 Å². The highest BCUT2D eigenvalue weighted by atomic mass is 35.5. The van der Waals surface area contributed by atoms with Crippen LogP contribution in [0.5, 0.6) is 0 Å². The molecule has 6 rings (SSSR count). The maximum absolute atomic E-state index is 13.3. The lowest BCUT2D eigenvalue weighted by Gasteiger charge is -2.27. The van der Waals surface area contributed by atoms with Crippen molar-refractivity contribution in [2.45, 2.75) is 50.6 Å². The second-order valence-corrected chi connectivity index (χ2v) is 16.0. The fourth-order valence-electron chi connectivity index (χ4n) is 6.82. The summed E-state index contributed by atoms with van der Waals surface area (Å²) in [5.74, 6) is 6.15. The number of aryl methyl sites for hydroxylation is 1. The van der Waals surface area contributed by atoms with Gasteiger partial charge < -0.3 is 15.0 Å². The highest BCUT2D eigenvalue weighted by Gasteiger charge is 2.32. The SMILES string of the molecule is CS(=O)(=O)C1Cc2c(c(-c3cccc(Cl)c3C#Cc3cccc(Cl)c3C(=O)NCCN3CCOCC3)nn2CCCN2CCCCC2)CN1. The molecule has 3 aliphatic heterocycles. The Morgan fingerprint density at radius 2 is 1.71 bits per heavy atom. The van der Waals surface area contributed by atoms with Gasteiger partial charge in [0.25, 0.3) is 5.91 Å². The minimum absolute atomic E-state index is 0.286. The summed E-state index contributed by atoms with van der Waals surface area (Å²) in [6, 6.07) is 10.8. The fourth-order valence-corrected chi connectivity index (χ4v) is 8.15. The van der Waals surface area contributed by atoms with E-state index in [1.165, 1.54) is 25.5 Å². The van der Waals surface area contributed by atoms with Gasteiger partial charge >= 0.3 is 0 Å². The molecular formula is C36H44Cl2N6O4S. The average molecular weight is 728 g/mol. The Hall–Kier alpha value is -2.95. The number of fused-ring (bicyclic) bond motifs is 1. The molecule has 4 heterocycles. The molecule has 2 saturated heterocycles. The minimum atomic E-state index is -3.31. The number of halogens is 2. The van der Waals surface area contributed by atoms with Gasteiger partial charge in [-0.1, -0.05) is 59.7 Å². The zero-order chi connectivity index (χ0) is 34.4. The van der Waals surface area contributed by atoms with Crippen LogP contribution in [0.15, 0.2) is 36.4 Å². The van der Waals surface area contributed by atoms with E-state index in [-0.39, 0.29) is 5.91 Å². The number of carbonyl (C=O) groups excluding carboxylic acids is 1. The Labute approximate surface area is 299 Å². The number of morpholine rings is 1. The topological polar surface area (TPSA) is 109 Å². The Morgan fingerprint density at radius 3 is 2.49 bits per heavy atom. The number of carbonyl (C=O) groups is 1. The summed E-state index contributed by atoms with van der Waals surface area (Å²) in [6.45, 7) is 8.54. The molecule has 2 fully saturated rings. The van der Waals surface area contributed by atoms with Crippen LogP contribution in [0.1, 0.15) is 58.4 Å². The van der Waals surface area contributed by atoms with E-state index in [2.05, 4.69) is 32.3 Å². The van der Waals surface area contributed by atoms with E-state index in [9.17, 15) is 13.2 Å². The minimum Gasteiger partial charge on any atom is -0.379 e. The molecule has 3 aliphatic rings. The van der Waals surface area contributed by atoms with E-state index in [0.717, 1.165) is 68.2 Å². The third-order valence-corrected chi connectivity index (χ3v) is 11.5. The molecule has 1 atom stereocenters. The van der Waals surface area contributed by atoms with Gasteiger partial charge in [0.15, 0.2) is 9.84 Å². The molecule has 0 radical (unpaired) electrons. The van der Waals surface area contributed by atoms with Crippen molar-refractivity contribution < 1.29 is 17.9 Å². The molecule has 2 aromatic carbocycles. The number of piperidine rings is 1. The van der Waals surface area contributed by atoms with Gasteiger partial charge in [-0.05, 0) is 57.1 Å². The van der Waals surface area contributed by atoms with Gasteiger partial charge in [-0.25, -0.2) is 8.42 Å². The third-order valence-electron chi connectivity index (χ3n) is 9.51. The van der Waals surface area contributed by atoms with Gasteiger partial charge in [0.1, 0.15) is 5.37 Å². The molecule has 1 unspecified atom stereocenters. The number of hydrogen-bond donors (Lipinski definition) is 2. The van der Waals surface area contributed by atoms with Crippen LogP contribution in [0.2, 0.25) is 10.0 Å². The van der Waals surface area contributed by atoms with Crippen molar-refractivity contribution >= 4 is 38.9 Å². The van der Waals surface area contributed by atoms with Gasteiger partial charge in [-0.3, -0.25) is 19.7 Å². The number of amides is 1. The average Bonchev–Trinajstić information content (AvgIpc) is 3.46. The quantitative estimate of drug-likeness (QED) is 0.300. The van der Waals surface area contributed by atoms with E-state index < -0.39 is 15.2 Å². The smallest absolute Gasteiger partial charge is 0.254 e. The number of likely N-dealkylation sites (tertiary alicyclic amines) is 1. The second-order valence-electron chi connectivity index (χ2n) is 12.9. The Morgan fingerprint density at radius 1 is 0.980 bits per heavy atom. The van der Waals surface area contributed by atoms with Gasteiger partial charge in [0.05, 0.1) is 40.1 Å². The maximum atomic E-state index is 13.3. The van der Waals surface area contributed by atoms with Crippen LogP contribution in [-0.4, -0.2) is 105 Å².